The van der Waals surface area contributed by atoms with Gasteiger partial charge in [-0.15, -0.1) is 0 Å². The molecular weight excluding hydrogens is 384 g/mol. The highest BCUT2D eigenvalue weighted by Crippen LogP contribution is 2.15. The van der Waals surface area contributed by atoms with E-state index in [1.807, 2.05) is 55.6 Å². The molecule has 5 nitrogen and oxygen atoms in total. The smallest absolute Gasteiger partial charge is 0.275 e. The zero-order valence-corrected chi connectivity index (χ0v) is 16.1. The standard InChI is InChI=1S/C19H23BrN2O3/c1-22(11-12-25-18-9-5-16(20)6-10-18)14-19(23)21-13-15-3-7-17(24-2)8-4-15/h3-10H,11-14H2,1-2H3,(H,21,23)/p+1. The molecule has 0 aliphatic carbocycles. The number of nitrogens with one attached hydrogen (secondary N) is 2. The highest BCUT2D eigenvalue weighted by molar-refractivity contribution is 9.10. The van der Waals surface area contributed by atoms with Gasteiger partial charge in [0.15, 0.2) is 6.54 Å². The van der Waals surface area contributed by atoms with Crippen molar-refractivity contribution >= 4 is 21.8 Å². The van der Waals surface area contributed by atoms with Crippen LogP contribution in [0, 0.1) is 0 Å². The molecule has 0 saturated heterocycles. The largest absolute Gasteiger partial charge is 0.497 e. The molecule has 0 aromatic heterocycles. The summed E-state index contributed by atoms with van der Waals surface area (Å²) >= 11 is 3.39. The Hall–Kier alpha value is -2.05. The Balaban J connectivity index is 1.64. The minimum Gasteiger partial charge on any atom is -0.497 e. The molecule has 2 aromatic rings. The van der Waals surface area contributed by atoms with Crippen LogP contribution in [-0.2, 0) is 11.3 Å². The monoisotopic (exact) mass is 407 g/mol. The van der Waals surface area contributed by atoms with Gasteiger partial charge in [0, 0.05) is 11.0 Å². The third-order valence-corrected chi connectivity index (χ3v) is 4.25. The van der Waals surface area contributed by atoms with Gasteiger partial charge >= 0.3 is 0 Å². The highest BCUT2D eigenvalue weighted by Gasteiger charge is 2.09. The number of likely N-dealkylation sites (N-methyl/N-ethyl adjacent to an activating group) is 1. The molecule has 0 aliphatic heterocycles. The van der Waals surface area contributed by atoms with Crippen molar-refractivity contribution in [3.8, 4) is 11.5 Å². The van der Waals surface area contributed by atoms with Gasteiger partial charge in [-0.1, -0.05) is 28.1 Å². The van der Waals surface area contributed by atoms with Gasteiger partial charge in [0.1, 0.15) is 24.7 Å². The first-order valence-electron chi connectivity index (χ1n) is 8.16. The second-order valence-electron chi connectivity index (χ2n) is 5.81. The molecule has 6 heteroatoms. The van der Waals surface area contributed by atoms with Gasteiger partial charge in [-0.05, 0) is 42.0 Å². The molecule has 0 spiro atoms. The number of carbonyl (C=O) groups excluding carboxylic acids is 1. The van der Waals surface area contributed by atoms with Crippen LogP contribution in [0.4, 0.5) is 0 Å². The number of ether oxygens (including phenoxy) is 2. The fourth-order valence-corrected chi connectivity index (χ4v) is 2.51. The number of amides is 1. The number of methoxy groups -OCH3 is 1. The Bertz CT molecular complexity index is 659. The molecule has 2 aromatic carbocycles. The summed E-state index contributed by atoms with van der Waals surface area (Å²) in [6.07, 6.45) is 0. The van der Waals surface area contributed by atoms with E-state index >= 15 is 0 Å². The van der Waals surface area contributed by atoms with Crippen molar-refractivity contribution in [1.29, 1.82) is 0 Å². The number of quaternary nitrogens is 1. The molecule has 1 atom stereocenters. The summed E-state index contributed by atoms with van der Waals surface area (Å²) in [6.45, 7) is 2.26. The zero-order valence-electron chi connectivity index (χ0n) is 14.5. The van der Waals surface area contributed by atoms with Crippen LogP contribution in [-0.4, -0.2) is 39.8 Å². The molecular formula is C19H24BrN2O3+. The molecule has 0 heterocycles. The lowest BCUT2D eigenvalue weighted by Crippen LogP contribution is -3.10. The highest BCUT2D eigenvalue weighted by atomic mass is 79.9. The minimum atomic E-state index is 0.0250. The SMILES string of the molecule is COc1ccc(CNC(=O)C[NH+](C)CCOc2ccc(Br)cc2)cc1. The minimum absolute atomic E-state index is 0.0250. The predicted octanol–water partition coefficient (Wildman–Crippen LogP) is 1.67. The maximum Gasteiger partial charge on any atom is 0.275 e. The van der Waals surface area contributed by atoms with E-state index in [4.69, 9.17) is 9.47 Å². The van der Waals surface area contributed by atoms with Crippen LogP contribution in [0.2, 0.25) is 0 Å². The molecule has 2 rings (SSSR count). The van der Waals surface area contributed by atoms with Gasteiger partial charge in [-0.2, -0.15) is 0 Å². The Morgan fingerprint density at radius 3 is 2.36 bits per heavy atom. The van der Waals surface area contributed by atoms with Crippen LogP contribution < -0.4 is 19.7 Å². The topological polar surface area (TPSA) is 52.0 Å². The molecule has 1 amide bonds. The molecule has 0 bridgehead atoms. The third kappa shape index (κ3) is 7.15. The van der Waals surface area contributed by atoms with E-state index in [1.54, 1.807) is 7.11 Å². The van der Waals surface area contributed by atoms with Crippen molar-refractivity contribution in [2.45, 2.75) is 6.54 Å². The van der Waals surface area contributed by atoms with Crippen molar-refractivity contribution in [1.82, 2.24) is 5.32 Å². The van der Waals surface area contributed by atoms with Crippen LogP contribution in [0.3, 0.4) is 0 Å². The van der Waals surface area contributed by atoms with Crippen molar-refractivity contribution in [3.63, 3.8) is 0 Å². The van der Waals surface area contributed by atoms with E-state index < -0.39 is 0 Å². The maximum atomic E-state index is 12.0. The van der Waals surface area contributed by atoms with Gasteiger partial charge in [0.25, 0.3) is 5.91 Å². The van der Waals surface area contributed by atoms with Crippen molar-refractivity contribution in [3.05, 3.63) is 58.6 Å². The number of hydrogen-bond acceptors (Lipinski definition) is 3. The molecule has 0 fully saturated rings. The van der Waals surface area contributed by atoms with Crippen LogP contribution in [0.25, 0.3) is 0 Å². The van der Waals surface area contributed by atoms with Gasteiger partial charge in [0.2, 0.25) is 0 Å². The Morgan fingerprint density at radius 2 is 1.72 bits per heavy atom. The Morgan fingerprint density at radius 1 is 1.08 bits per heavy atom. The molecule has 0 radical (unpaired) electrons. The summed E-state index contributed by atoms with van der Waals surface area (Å²) in [7, 11) is 3.62. The zero-order chi connectivity index (χ0) is 18.1. The van der Waals surface area contributed by atoms with Crippen LogP contribution in [0.1, 0.15) is 5.56 Å². The first-order valence-corrected chi connectivity index (χ1v) is 8.95. The summed E-state index contributed by atoms with van der Waals surface area (Å²) in [5.41, 5.74) is 1.05. The quantitative estimate of drug-likeness (QED) is 0.664. The van der Waals surface area contributed by atoms with Gasteiger partial charge in [-0.25, -0.2) is 0 Å². The van der Waals surface area contributed by atoms with E-state index in [9.17, 15) is 4.79 Å². The van der Waals surface area contributed by atoms with E-state index in [-0.39, 0.29) is 5.91 Å². The molecule has 1 unspecified atom stereocenters. The van der Waals surface area contributed by atoms with Crippen molar-refractivity contribution in [2.24, 2.45) is 0 Å². The lowest BCUT2D eigenvalue weighted by Gasteiger charge is -2.14. The van der Waals surface area contributed by atoms with Gasteiger partial charge < -0.3 is 19.7 Å². The molecule has 0 aliphatic rings. The number of rotatable bonds is 9. The first-order chi connectivity index (χ1) is 12.1. The van der Waals surface area contributed by atoms with Crippen molar-refractivity contribution in [2.75, 3.05) is 33.9 Å². The summed E-state index contributed by atoms with van der Waals surface area (Å²) < 4.78 is 11.8. The summed E-state index contributed by atoms with van der Waals surface area (Å²) in [5, 5.41) is 2.94. The lowest BCUT2D eigenvalue weighted by atomic mass is 10.2. The summed E-state index contributed by atoms with van der Waals surface area (Å²) in [4.78, 5) is 13.1. The number of carbonyl (C=O) groups is 1. The van der Waals surface area contributed by atoms with E-state index in [1.165, 1.54) is 0 Å². The van der Waals surface area contributed by atoms with Gasteiger partial charge in [-0.3, -0.25) is 4.79 Å². The fourth-order valence-electron chi connectivity index (χ4n) is 2.24. The van der Waals surface area contributed by atoms with Crippen molar-refractivity contribution < 1.29 is 19.2 Å². The number of halogens is 1. The van der Waals surface area contributed by atoms with E-state index in [0.29, 0.717) is 19.7 Å². The summed E-state index contributed by atoms with van der Waals surface area (Å²) in [5.74, 6) is 1.67. The normalized spacial score (nSPS) is 11.6. The second-order valence-corrected chi connectivity index (χ2v) is 6.73. The van der Waals surface area contributed by atoms with Crippen LogP contribution in [0.15, 0.2) is 53.0 Å². The van der Waals surface area contributed by atoms with E-state index in [2.05, 4.69) is 21.2 Å². The molecule has 134 valence electrons. The predicted molar refractivity (Wildman–Crippen MR) is 101 cm³/mol. The number of benzene rings is 2. The Kier molecular flexibility index (Phi) is 7.76. The molecule has 2 N–H and O–H groups in total. The average molecular weight is 408 g/mol. The first kappa shape index (κ1) is 19.3. The average Bonchev–Trinajstić information content (AvgIpc) is 2.62. The fraction of sp³-hybridized carbons (Fsp3) is 0.316. The second kappa shape index (κ2) is 10.1. The maximum absolute atomic E-state index is 12.0. The van der Waals surface area contributed by atoms with Crippen LogP contribution >= 0.6 is 15.9 Å². The van der Waals surface area contributed by atoms with Crippen LogP contribution in [0.5, 0.6) is 11.5 Å². The molecule has 25 heavy (non-hydrogen) atoms. The van der Waals surface area contributed by atoms with E-state index in [0.717, 1.165) is 33.0 Å². The van der Waals surface area contributed by atoms with Gasteiger partial charge in [0.05, 0.1) is 14.2 Å². The number of hydrogen-bond donors (Lipinski definition) is 2. The Labute approximate surface area is 157 Å². The third-order valence-electron chi connectivity index (χ3n) is 3.72. The molecule has 0 saturated carbocycles. The summed E-state index contributed by atoms with van der Waals surface area (Å²) in [6, 6.07) is 15.4. The lowest BCUT2D eigenvalue weighted by molar-refractivity contribution is -0.871.